The van der Waals surface area contributed by atoms with Crippen LogP contribution in [0.1, 0.15) is 36.4 Å². The first-order valence-corrected chi connectivity index (χ1v) is 9.15. The number of nitrogens with zero attached hydrogens (tertiary/aromatic N) is 4. The van der Waals surface area contributed by atoms with Gasteiger partial charge >= 0.3 is 0 Å². The predicted molar refractivity (Wildman–Crippen MR) is 98.3 cm³/mol. The Kier molecular flexibility index (Phi) is 4.19. The Bertz CT molecular complexity index is 791. The smallest absolute Gasteiger partial charge is 0.165 e. The van der Waals surface area contributed by atoms with Crippen molar-refractivity contribution in [3.63, 3.8) is 0 Å². The molecule has 8 heteroatoms. The Labute approximate surface area is 149 Å². The maximum Gasteiger partial charge on any atom is 0.165 e. The molecule has 4 rings (SSSR count). The van der Waals surface area contributed by atoms with E-state index in [1.165, 1.54) is 5.57 Å². The quantitative estimate of drug-likeness (QED) is 0.722. The van der Waals surface area contributed by atoms with Gasteiger partial charge in [-0.2, -0.15) is 9.61 Å². The minimum absolute atomic E-state index is 0.382. The van der Waals surface area contributed by atoms with E-state index in [1.54, 1.807) is 4.52 Å². The number of anilines is 1. The molecule has 1 fully saturated rings. The Morgan fingerprint density at radius 3 is 3.00 bits per heavy atom. The molecule has 4 heterocycles. The second-order valence-corrected chi connectivity index (χ2v) is 7.25. The van der Waals surface area contributed by atoms with Crippen molar-refractivity contribution in [3.8, 4) is 0 Å². The van der Waals surface area contributed by atoms with E-state index < -0.39 is 0 Å². The molecule has 0 aromatic carbocycles. The monoisotopic (exact) mass is 391 g/mol. The van der Waals surface area contributed by atoms with Crippen molar-refractivity contribution in [3.05, 3.63) is 28.1 Å². The van der Waals surface area contributed by atoms with Gasteiger partial charge in [-0.3, -0.25) is 0 Å². The lowest BCUT2D eigenvalue weighted by atomic mass is 9.95. The van der Waals surface area contributed by atoms with Crippen LogP contribution < -0.4 is 16.5 Å². The minimum Gasteiger partial charge on any atom is -0.383 e. The van der Waals surface area contributed by atoms with Crippen LogP contribution in [0, 0.1) is 0 Å². The van der Waals surface area contributed by atoms with Crippen molar-refractivity contribution in [2.45, 2.75) is 25.2 Å². The van der Waals surface area contributed by atoms with E-state index in [4.69, 9.17) is 10.7 Å². The van der Waals surface area contributed by atoms with Crippen molar-refractivity contribution in [1.29, 1.82) is 0 Å². The van der Waals surface area contributed by atoms with Crippen LogP contribution in [0.5, 0.6) is 0 Å². The maximum atomic E-state index is 6.35. The van der Waals surface area contributed by atoms with Gasteiger partial charge in [0.1, 0.15) is 5.82 Å². The van der Waals surface area contributed by atoms with Crippen LogP contribution >= 0.6 is 15.9 Å². The molecule has 2 aliphatic heterocycles. The minimum atomic E-state index is 0.382. The Morgan fingerprint density at radius 1 is 1.38 bits per heavy atom. The molecule has 128 valence electrons. The topological polar surface area (TPSA) is 83.5 Å². The van der Waals surface area contributed by atoms with Gasteiger partial charge in [-0.15, -0.1) is 0 Å². The molecule has 1 unspecified atom stereocenters. The molecule has 0 aliphatic carbocycles. The third-order valence-electron chi connectivity index (χ3n) is 4.78. The average Bonchev–Trinajstić information content (AvgIpc) is 3.03. The van der Waals surface area contributed by atoms with Crippen molar-refractivity contribution >= 4 is 33.0 Å². The zero-order valence-corrected chi connectivity index (χ0v) is 15.3. The molecule has 7 nitrogen and oxygen atoms in total. The second kappa shape index (κ2) is 6.34. The lowest BCUT2D eigenvalue weighted by Gasteiger charge is -2.25. The largest absolute Gasteiger partial charge is 0.383 e. The highest BCUT2D eigenvalue weighted by atomic mass is 79.9. The molecule has 0 radical (unpaired) electrons. The number of nitrogen functional groups attached to an aromatic ring is 1. The number of aromatic nitrogens is 3. The van der Waals surface area contributed by atoms with E-state index in [9.17, 15) is 0 Å². The van der Waals surface area contributed by atoms with Crippen LogP contribution in [0.2, 0.25) is 0 Å². The molecular weight excluding hydrogens is 370 g/mol. The molecule has 4 N–H and O–H groups in total. The number of nitrogens with two attached hydrogens (primary N) is 1. The van der Waals surface area contributed by atoms with Gasteiger partial charge in [-0.05, 0) is 47.3 Å². The van der Waals surface area contributed by atoms with Crippen LogP contribution in [-0.2, 0) is 0 Å². The molecule has 1 saturated heterocycles. The molecule has 2 aromatic rings. The van der Waals surface area contributed by atoms with Crippen LogP contribution in [0.15, 0.2) is 16.9 Å². The van der Waals surface area contributed by atoms with Crippen LogP contribution in [0.4, 0.5) is 5.82 Å². The second-order valence-electron chi connectivity index (χ2n) is 6.46. The Hall–Kier alpha value is -1.64. The fourth-order valence-corrected chi connectivity index (χ4v) is 4.09. The standard InChI is InChI=1S/C16H22BrN7/c1-23-9-11(4-6-20-23)12-8-21-24-15(18)13(17)14(22-16(12)24)10-3-2-5-19-7-10/h8-10,19-20H,2-7,18H2,1H3. The van der Waals surface area contributed by atoms with Crippen molar-refractivity contribution in [2.75, 3.05) is 32.4 Å². The number of nitrogens with one attached hydrogen (secondary N) is 2. The van der Waals surface area contributed by atoms with Crippen molar-refractivity contribution in [2.24, 2.45) is 0 Å². The Morgan fingerprint density at radius 2 is 2.25 bits per heavy atom. The predicted octanol–water partition coefficient (Wildman–Crippen LogP) is 1.72. The average molecular weight is 392 g/mol. The Balaban J connectivity index is 1.84. The molecule has 0 spiro atoms. The number of hydrogen-bond acceptors (Lipinski definition) is 6. The van der Waals surface area contributed by atoms with Crippen LogP contribution in [0.3, 0.4) is 0 Å². The number of fused-ring (bicyclic) bond motifs is 1. The fourth-order valence-electron chi connectivity index (χ4n) is 3.51. The molecule has 0 amide bonds. The zero-order chi connectivity index (χ0) is 16.7. The van der Waals surface area contributed by atoms with Gasteiger partial charge < -0.3 is 16.1 Å². The molecular formula is C16H22BrN7. The van der Waals surface area contributed by atoms with Crippen molar-refractivity contribution in [1.82, 2.24) is 30.3 Å². The van der Waals surface area contributed by atoms with E-state index in [-0.39, 0.29) is 0 Å². The van der Waals surface area contributed by atoms with E-state index in [1.807, 2.05) is 18.3 Å². The highest BCUT2D eigenvalue weighted by Crippen LogP contribution is 2.34. The summed E-state index contributed by atoms with van der Waals surface area (Å²) in [5, 5.41) is 9.91. The molecule has 24 heavy (non-hydrogen) atoms. The number of rotatable bonds is 2. The third kappa shape index (κ3) is 2.68. The van der Waals surface area contributed by atoms with E-state index in [2.05, 4.69) is 38.0 Å². The maximum absolute atomic E-state index is 6.35. The van der Waals surface area contributed by atoms with Gasteiger partial charge in [0.15, 0.2) is 5.65 Å². The van der Waals surface area contributed by atoms with Crippen molar-refractivity contribution < 1.29 is 0 Å². The summed E-state index contributed by atoms with van der Waals surface area (Å²) in [5.74, 6) is 1.00. The normalized spacial score (nSPS) is 22.0. The van der Waals surface area contributed by atoms with Gasteiger partial charge in [0.05, 0.1) is 16.4 Å². The summed E-state index contributed by atoms with van der Waals surface area (Å²) in [5.41, 5.74) is 13.8. The zero-order valence-electron chi connectivity index (χ0n) is 13.7. The summed E-state index contributed by atoms with van der Waals surface area (Å²) in [6.45, 7) is 2.93. The van der Waals surface area contributed by atoms with Gasteiger partial charge in [-0.1, -0.05) is 0 Å². The number of halogens is 1. The first kappa shape index (κ1) is 15.9. The van der Waals surface area contributed by atoms with Crippen LogP contribution in [-0.4, -0.2) is 46.3 Å². The summed E-state index contributed by atoms with van der Waals surface area (Å²) < 4.78 is 2.61. The molecule has 0 saturated carbocycles. The van der Waals surface area contributed by atoms with E-state index >= 15 is 0 Å². The molecule has 0 bridgehead atoms. The van der Waals surface area contributed by atoms with Gasteiger partial charge in [0.2, 0.25) is 0 Å². The number of hydrogen-bond donors (Lipinski definition) is 3. The van der Waals surface area contributed by atoms with E-state index in [0.717, 1.165) is 60.3 Å². The molecule has 2 aliphatic rings. The van der Waals surface area contributed by atoms with Gasteiger partial charge in [-0.25, -0.2) is 10.4 Å². The highest BCUT2D eigenvalue weighted by Gasteiger charge is 2.24. The van der Waals surface area contributed by atoms with Gasteiger partial charge in [0, 0.05) is 37.8 Å². The third-order valence-corrected chi connectivity index (χ3v) is 5.60. The number of hydrazine groups is 1. The summed E-state index contributed by atoms with van der Waals surface area (Å²) >= 11 is 3.64. The van der Waals surface area contributed by atoms with Crippen LogP contribution in [0.25, 0.3) is 11.2 Å². The van der Waals surface area contributed by atoms with Gasteiger partial charge in [0.25, 0.3) is 0 Å². The lowest BCUT2D eigenvalue weighted by molar-refractivity contribution is 0.320. The summed E-state index contributed by atoms with van der Waals surface area (Å²) in [6, 6.07) is 0. The number of piperidine rings is 1. The molecule has 1 atom stereocenters. The fraction of sp³-hybridized carbons (Fsp3) is 0.500. The summed E-state index contributed by atoms with van der Waals surface area (Å²) in [4.78, 5) is 4.97. The first-order chi connectivity index (χ1) is 11.6. The van der Waals surface area contributed by atoms with E-state index in [0.29, 0.717) is 11.7 Å². The highest BCUT2D eigenvalue weighted by molar-refractivity contribution is 9.10. The summed E-state index contributed by atoms with van der Waals surface area (Å²) in [6.07, 6.45) is 7.22. The lowest BCUT2D eigenvalue weighted by Crippen LogP contribution is -2.34. The summed E-state index contributed by atoms with van der Waals surface area (Å²) in [7, 11) is 2.00. The SMILES string of the molecule is CN1C=C(c2cnn3c(N)c(Br)c(C4CCCNC4)nc23)CCN1. The molecule has 2 aromatic heterocycles. The first-order valence-electron chi connectivity index (χ1n) is 8.36.